The number of carbonyl (C=O) groups is 2. The Bertz CT molecular complexity index is 881. The van der Waals surface area contributed by atoms with Crippen molar-refractivity contribution in [2.75, 3.05) is 19.8 Å². The molecule has 1 fully saturated rings. The smallest absolute Gasteiger partial charge is 0.306 e. The van der Waals surface area contributed by atoms with Gasteiger partial charge in [-0.2, -0.15) is 0 Å². The molecule has 0 amide bonds. The normalized spacial score (nSPS) is 20.9. The number of hydrogen-bond acceptors (Lipinski definition) is 10. The fourth-order valence-corrected chi connectivity index (χ4v) is 6.65. The maximum Gasteiger partial charge on any atom is 0.306 e. The lowest BCUT2D eigenvalue weighted by molar-refractivity contribution is -0.305. The first-order valence-electron chi connectivity index (χ1n) is 21.8. The van der Waals surface area contributed by atoms with Gasteiger partial charge in [0.05, 0.1) is 13.2 Å². The van der Waals surface area contributed by atoms with Gasteiger partial charge in [0.25, 0.3) is 0 Å². The molecule has 1 heterocycles. The van der Waals surface area contributed by atoms with Gasteiger partial charge in [-0.05, 0) is 38.5 Å². The molecule has 4 N–H and O–H groups in total. The predicted molar refractivity (Wildman–Crippen MR) is 210 cm³/mol. The van der Waals surface area contributed by atoms with E-state index < -0.39 is 49.4 Å². The number of carbonyl (C=O) groups excluding carboxylic acids is 2. The second-order valence-electron chi connectivity index (χ2n) is 15.2. The highest BCUT2D eigenvalue weighted by molar-refractivity contribution is 5.70. The SMILES string of the molecule is CCCCCCCC/C=C/CCCCCC(=O)OC[C@H](CO[C@@H]1O[C@H](CO)[C@H](O)C(O)C1O)OC(=O)CCCCCCCCCCCCCCCCC. The molecule has 1 aliphatic heterocycles. The minimum atomic E-state index is -1.59. The maximum absolute atomic E-state index is 12.7. The topological polar surface area (TPSA) is 152 Å². The van der Waals surface area contributed by atoms with Gasteiger partial charge in [-0.15, -0.1) is 0 Å². The van der Waals surface area contributed by atoms with Crippen LogP contribution in [0.4, 0.5) is 0 Å². The van der Waals surface area contributed by atoms with E-state index in [1.807, 2.05) is 0 Å². The van der Waals surface area contributed by atoms with E-state index in [2.05, 4.69) is 26.0 Å². The molecule has 6 atom stereocenters. The first kappa shape index (κ1) is 49.5. The largest absolute Gasteiger partial charge is 0.462 e. The molecule has 0 aliphatic carbocycles. The third-order valence-electron chi connectivity index (χ3n) is 10.2. The van der Waals surface area contributed by atoms with E-state index in [4.69, 9.17) is 18.9 Å². The van der Waals surface area contributed by atoms with Crippen molar-refractivity contribution in [1.82, 2.24) is 0 Å². The zero-order valence-corrected chi connectivity index (χ0v) is 33.8. The van der Waals surface area contributed by atoms with Crippen LogP contribution in [-0.4, -0.2) is 89.0 Å². The van der Waals surface area contributed by atoms with Crippen LogP contribution < -0.4 is 0 Å². The van der Waals surface area contributed by atoms with Crippen molar-refractivity contribution in [2.24, 2.45) is 0 Å². The lowest BCUT2D eigenvalue weighted by Gasteiger charge is -2.39. The van der Waals surface area contributed by atoms with Crippen molar-refractivity contribution in [3.8, 4) is 0 Å². The Morgan fingerprint density at radius 1 is 0.566 bits per heavy atom. The molecule has 0 aromatic carbocycles. The number of unbranched alkanes of at least 4 members (excludes halogenated alkanes) is 23. The monoisotopic (exact) mass is 757 g/mol. The summed E-state index contributed by atoms with van der Waals surface area (Å²) in [5.41, 5.74) is 0. The molecule has 1 saturated heterocycles. The van der Waals surface area contributed by atoms with E-state index in [0.717, 1.165) is 44.9 Å². The summed E-state index contributed by atoms with van der Waals surface area (Å²) in [4.78, 5) is 25.3. The summed E-state index contributed by atoms with van der Waals surface area (Å²) < 4.78 is 22.1. The molecule has 0 bridgehead atoms. The van der Waals surface area contributed by atoms with Gasteiger partial charge in [0.15, 0.2) is 12.4 Å². The van der Waals surface area contributed by atoms with Crippen molar-refractivity contribution in [3.05, 3.63) is 12.2 Å². The first-order chi connectivity index (χ1) is 25.8. The number of allylic oxidation sites excluding steroid dienone is 2. The van der Waals surface area contributed by atoms with Crippen molar-refractivity contribution in [2.45, 2.75) is 230 Å². The van der Waals surface area contributed by atoms with E-state index in [1.54, 1.807) is 0 Å². The summed E-state index contributed by atoms with van der Waals surface area (Å²) in [6.45, 7) is 3.41. The first-order valence-corrected chi connectivity index (χ1v) is 21.8. The molecule has 1 rings (SSSR count). The van der Waals surface area contributed by atoms with Crippen LogP contribution in [0.1, 0.15) is 194 Å². The van der Waals surface area contributed by atoms with Crippen LogP contribution in [0, 0.1) is 0 Å². The van der Waals surface area contributed by atoms with E-state index >= 15 is 0 Å². The number of esters is 2. The summed E-state index contributed by atoms with van der Waals surface area (Å²) in [6, 6.07) is 0. The van der Waals surface area contributed by atoms with Gasteiger partial charge in [-0.1, -0.05) is 154 Å². The average molecular weight is 757 g/mol. The predicted octanol–water partition coefficient (Wildman–Crippen LogP) is 8.78. The van der Waals surface area contributed by atoms with E-state index in [9.17, 15) is 30.0 Å². The number of aliphatic hydroxyl groups is 4. The van der Waals surface area contributed by atoms with E-state index in [0.29, 0.717) is 12.8 Å². The summed E-state index contributed by atoms with van der Waals surface area (Å²) in [7, 11) is 0. The van der Waals surface area contributed by atoms with Gasteiger partial charge in [-0.25, -0.2) is 0 Å². The summed E-state index contributed by atoms with van der Waals surface area (Å²) in [5, 5.41) is 40.0. The van der Waals surface area contributed by atoms with E-state index in [-0.39, 0.29) is 32.0 Å². The molecule has 10 nitrogen and oxygen atoms in total. The Morgan fingerprint density at radius 2 is 1.00 bits per heavy atom. The zero-order chi connectivity index (χ0) is 38.8. The van der Waals surface area contributed by atoms with Gasteiger partial charge in [0, 0.05) is 12.8 Å². The molecular formula is C43H80O10. The average Bonchev–Trinajstić information content (AvgIpc) is 3.15. The molecule has 312 valence electrons. The van der Waals surface area contributed by atoms with Gasteiger partial charge < -0.3 is 39.4 Å². The second kappa shape index (κ2) is 34.9. The summed E-state index contributed by atoms with van der Waals surface area (Å²) in [6.07, 6.45) is 27.9. The number of ether oxygens (including phenoxy) is 4. The van der Waals surface area contributed by atoms with Crippen LogP contribution >= 0.6 is 0 Å². The van der Waals surface area contributed by atoms with Gasteiger partial charge in [0.2, 0.25) is 0 Å². The Hall–Kier alpha value is -1.56. The molecular weight excluding hydrogens is 676 g/mol. The van der Waals surface area contributed by atoms with Crippen molar-refractivity contribution in [1.29, 1.82) is 0 Å². The van der Waals surface area contributed by atoms with Crippen LogP contribution in [0.3, 0.4) is 0 Å². The minimum Gasteiger partial charge on any atom is -0.462 e. The molecule has 0 saturated carbocycles. The van der Waals surface area contributed by atoms with E-state index in [1.165, 1.54) is 109 Å². The fraction of sp³-hybridized carbons (Fsp3) is 0.907. The zero-order valence-electron chi connectivity index (χ0n) is 33.8. The van der Waals surface area contributed by atoms with Crippen molar-refractivity contribution < 1.29 is 49.0 Å². The Kier molecular flexibility index (Phi) is 32.6. The lowest BCUT2D eigenvalue weighted by Crippen LogP contribution is -2.59. The minimum absolute atomic E-state index is 0.220. The number of aliphatic hydroxyl groups excluding tert-OH is 4. The highest BCUT2D eigenvalue weighted by Crippen LogP contribution is 2.23. The Labute approximate surface area is 322 Å². The number of rotatable bonds is 36. The molecule has 0 radical (unpaired) electrons. The third kappa shape index (κ3) is 26.8. The standard InChI is InChI=1S/C43H80O10/c1-3-5-7-9-11-13-15-17-18-20-22-24-26-28-30-32-39(46)52-36(35-51-43-42(49)41(48)40(47)37(33-44)53-43)34-50-38(45)31-29-27-25-23-21-19-16-14-12-10-8-6-4-2/h19,21,36-37,40-44,47-49H,3-18,20,22-35H2,1-2H3/b21-19+/t36-,37-,40+,41?,42?,43-/m1/s1. The molecule has 10 heteroatoms. The van der Waals surface area contributed by atoms with Gasteiger partial charge in [-0.3, -0.25) is 9.59 Å². The highest BCUT2D eigenvalue weighted by Gasteiger charge is 2.44. The highest BCUT2D eigenvalue weighted by atomic mass is 16.7. The number of hydrogen-bond donors (Lipinski definition) is 4. The molecule has 53 heavy (non-hydrogen) atoms. The van der Waals surface area contributed by atoms with Crippen molar-refractivity contribution in [3.63, 3.8) is 0 Å². The van der Waals surface area contributed by atoms with Crippen LogP contribution in [0.25, 0.3) is 0 Å². The molecule has 2 unspecified atom stereocenters. The van der Waals surface area contributed by atoms with Gasteiger partial charge >= 0.3 is 11.9 Å². The van der Waals surface area contributed by atoms with Crippen LogP contribution in [-0.2, 0) is 28.5 Å². The van der Waals surface area contributed by atoms with Crippen molar-refractivity contribution >= 4 is 11.9 Å². The molecule has 0 aromatic rings. The fourth-order valence-electron chi connectivity index (χ4n) is 6.65. The quantitative estimate of drug-likeness (QED) is 0.0277. The molecule has 0 spiro atoms. The maximum atomic E-state index is 12.7. The Balaban J connectivity index is 2.35. The summed E-state index contributed by atoms with van der Waals surface area (Å²) in [5.74, 6) is -0.817. The van der Waals surface area contributed by atoms with Crippen LogP contribution in [0.5, 0.6) is 0 Å². The third-order valence-corrected chi connectivity index (χ3v) is 10.2. The summed E-state index contributed by atoms with van der Waals surface area (Å²) >= 11 is 0. The Morgan fingerprint density at radius 3 is 1.49 bits per heavy atom. The molecule has 0 aromatic heterocycles. The molecule has 1 aliphatic rings. The van der Waals surface area contributed by atoms with Crippen LogP contribution in [0.15, 0.2) is 12.2 Å². The lowest BCUT2D eigenvalue weighted by atomic mass is 9.99. The second-order valence-corrected chi connectivity index (χ2v) is 15.2. The van der Waals surface area contributed by atoms with Gasteiger partial charge in [0.1, 0.15) is 31.0 Å². The van der Waals surface area contributed by atoms with Crippen LogP contribution in [0.2, 0.25) is 0 Å².